The first-order valence-corrected chi connectivity index (χ1v) is 8.92. The number of rotatable bonds is 8. The van der Waals surface area contributed by atoms with Crippen molar-refractivity contribution in [1.82, 2.24) is 9.71 Å². The summed E-state index contributed by atoms with van der Waals surface area (Å²) in [6, 6.07) is 3.20. The van der Waals surface area contributed by atoms with Gasteiger partial charge in [-0.1, -0.05) is 6.92 Å². The molecule has 0 radical (unpaired) electrons. The first-order valence-electron chi connectivity index (χ1n) is 7.43. The summed E-state index contributed by atoms with van der Waals surface area (Å²) in [6.45, 7) is 3.87. The van der Waals surface area contributed by atoms with Gasteiger partial charge in [0, 0.05) is 25.9 Å². The SMILES string of the molecule is CCCNc1ncccc1S(=O)(=O)NCCC1CCCO1. The average Bonchev–Trinajstić information content (AvgIpc) is 2.98. The molecule has 21 heavy (non-hydrogen) atoms. The second-order valence-corrected chi connectivity index (χ2v) is 6.83. The first kappa shape index (κ1) is 16.2. The summed E-state index contributed by atoms with van der Waals surface area (Å²) in [6.07, 6.45) is 5.45. The van der Waals surface area contributed by atoms with Gasteiger partial charge < -0.3 is 10.1 Å². The van der Waals surface area contributed by atoms with E-state index in [0.29, 0.717) is 25.3 Å². The molecule has 1 aliphatic rings. The molecular formula is C14H23N3O3S. The monoisotopic (exact) mass is 313 g/mol. The number of hydrogen-bond acceptors (Lipinski definition) is 5. The Balaban J connectivity index is 1.97. The molecule has 1 unspecified atom stereocenters. The lowest BCUT2D eigenvalue weighted by molar-refractivity contribution is 0.105. The van der Waals surface area contributed by atoms with Crippen LogP contribution in [0.3, 0.4) is 0 Å². The van der Waals surface area contributed by atoms with E-state index in [9.17, 15) is 8.42 Å². The Labute approximate surface area is 126 Å². The highest BCUT2D eigenvalue weighted by molar-refractivity contribution is 7.89. The van der Waals surface area contributed by atoms with E-state index in [0.717, 1.165) is 25.9 Å². The van der Waals surface area contributed by atoms with E-state index in [-0.39, 0.29) is 11.0 Å². The minimum atomic E-state index is -3.54. The fraction of sp³-hybridized carbons (Fsp3) is 0.643. The number of aromatic nitrogens is 1. The van der Waals surface area contributed by atoms with E-state index in [1.165, 1.54) is 0 Å². The molecule has 1 atom stereocenters. The van der Waals surface area contributed by atoms with Gasteiger partial charge in [-0.15, -0.1) is 0 Å². The van der Waals surface area contributed by atoms with Crippen molar-refractivity contribution in [3.63, 3.8) is 0 Å². The molecule has 118 valence electrons. The number of anilines is 1. The topological polar surface area (TPSA) is 80.3 Å². The number of sulfonamides is 1. The number of hydrogen-bond donors (Lipinski definition) is 2. The summed E-state index contributed by atoms with van der Waals surface area (Å²) in [5.74, 6) is 0.406. The first-order chi connectivity index (χ1) is 10.1. The minimum absolute atomic E-state index is 0.180. The van der Waals surface area contributed by atoms with E-state index in [1.54, 1.807) is 18.3 Å². The average molecular weight is 313 g/mol. The van der Waals surface area contributed by atoms with Gasteiger partial charge in [0.05, 0.1) is 6.10 Å². The quantitative estimate of drug-likeness (QED) is 0.764. The Morgan fingerprint density at radius 1 is 1.43 bits per heavy atom. The number of nitrogens with one attached hydrogen (secondary N) is 2. The third-order valence-electron chi connectivity index (χ3n) is 3.39. The summed E-state index contributed by atoms with van der Waals surface area (Å²) in [5, 5.41) is 3.05. The van der Waals surface area contributed by atoms with Gasteiger partial charge >= 0.3 is 0 Å². The second-order valence-electron chi connectivity index (χ2n) is 5.10. The van der Waals surface area contributed by atoms with Gasteiger partial charge in [-0.25, -0.2) is 18.1 Å². The molecule has 1 aromatic heterocycles. The molecule has 0 bridgehead atoms. The van der Waals surface area contributed by atoms with Gasteiger partial charge in [0.2, 0.25) is 10.0 Å². The van der Waals surface area contributed by atoms with Crippen LogP contribution in [0.5, 0.6) is 0 Å². The fourth-order valence-electron chi connectivity index (χ4n) is 2.29. The molecule has 2 heterocycles. The lowest BCUT2D eigenvalue weighted by atomic mass is 10.2. The van der Waals surface area contributed by atoms with Crippen LogP contribution >= 0.6 is 0 Å². The molecule has 6 nitrogen and oxygen atoms in total. The third-order valence-corrected chi connectivity index (χ3v) is 4.88. The maximum atomic E-state index is 12.4. The predicted molar refractivity (Wildman–Crippen MR) is 81.8 cm³/mol. The maximum Gasteiger partial charge on any atom is 0.244 e. The molecule has 0 spiro atoms. The largest absolute Gasteiger partial charge is 0.378 e. The molecule has 2 N–H and O–H groups in total. The molecule has 0 amide bonds. The van der Waals surface area contributed by atoms with Gasteiger partial charge in [0.25, 0.3) is 0 Å². The highest BCUT2D eigenvalue weighted by Gasteiger charge is 2.20. The second kappa shape index (κ2) is 7.72. The smallest absolute Gasteiger partial charge is 0.244 e. The van der Waals surface area contributed by atoms with Crippen LogP contribution in [-0.2, 0) is 14.8 Å². The Hall–Kier alpha value is -1.18. The summed E-state index contributed by atoms with van der Waals surface area (Å²) in [7, 11) is -3.54. The van der Waals surface area contributed by atoms with E-state index >= 15 is 0 Å². The summed E-state index contributed by atoms with van der Waals surface area (Å²) in [5.41, 5.74) is 0. The maximum absolute atomic E-state index is 12.4. The lowest BCUT2D eigenvalue weighted by Gasteiger charge is -2.13. The van der Waals surface area contributed by atoms with Crippen molar-refractivity contribution in [3.8, 4) is 0 Å². The van der Waals surface area contributed by atoms with Gasteiger partial charge in [-0.05, 0) is 37.8 Å². The van der Waals surface area contributed by atoms with Crippen molar-refractivity contribution in [2.24, 2.45) is 0 Å². The molecule has 0 saturated carbocycles. The summed E-state index contributed by atoms with van der Waals surface area (Å²) < 4.78 is 32.8. The van der Waals surface area contributed by atoms with Crippen molar-refractivity contribution in [2.75, 3.05) is 25.0 Å². The zero-order valence-electron chi connectivity index (χ0n) is 12.3. The van der Waals surface area contributed by atoms with Crippen LogP contribution < -0.4 is 10.0 Å². The standard InChI is InChI=1S/C14H23N3O3S/c1-2-8-15-14-13(6-3-9-16-14)21(18,19)17-10-7-12-5-4-11-20-12/h3,6,9,12,17H,2,4-5,7-8,10-11H2,1H3,(H,15,16). The van der Waals surface area contributed by atoms with Gasteiger partial charge in [-0.2, -0.15) is 0 Å². The van der Waals surface area contributed by atoms with Crippen molar-refractivity contribution in [1.29, 1.82) is 0 Å². The van der Waals surface area contributed by atoms with Crippen LogP contribution in [0.15, 0.2) is 23.2 Å². The van der Waals surface area contributed by atoms with Crippen LogP contribution in [0.25, 0.3) is 0 Å². The highest BCUT2D eigenvalue weighted by Crippen LogP contribution is 2.19. The molecule has 1 saturated heterocycles. The van der Waals surface area contributed by atoms with Crippen molar-refractivity contribution in [2.45, 2.75) is 43.6 Å². The Kier molecular flexibility index (Phi) is 5.96. The van der Waals surface area contributed by atoms with E-state index in [1.807, 2.05) is 6.92 Å². The fourth-order valence-corrected chi connectivity index (χ4v) is 3.47. The Bertz CT molecular complexity index is 542. The summed E-state index contributed by atoms with van der Waals surface area (Å²) >= 11 is 0. The van der Waals surface area contributed by atoms with Crippen LogP contribution in [0.2, 0.25) is 0 Å². The molecule has 1 aromatic rings. The van der Waals surface area contributed by atoms with E-state index < -0.39 is 10.0 Å². The van der Waals surface area contributed by atoms with E-state index in [2.05, 4.69) is 15.0 Å². The molecule has 1 aliphatic heterocycles. The zero-order chi connectivity index (χ0) is 15.1. The zero-order valence-corrected chi connectivity index (χ0v) is 13.2. The summed E-state index contributed by atoms with van der Waals surface area (Å²) in [4.78, 5) is 4.31. The van der Waals surface area contributed by atoms with Crippen LogP contribution in [0.4, 0.5) is 5.82 Å². The molecule has 7 heteroatoms. The van der Waals surface area contributed by atoms with Gasteiger partial charge in [-0.3, -0.25) is 0 Å². The Morgan fingerprint density at radius 3 is 3.00 bits per heavy atom. The van der Waals surface area contributed by atoms with E-state index in [4.69, 9.17) is 4.74 Å². The predicted octanol–water partition coefficient (Wildman–Crippen LogP) is 1.75. The number of ether oxygens (including phenoxy) is 1. The Morgan fingerprint density at radius 2 is 2.29 bits per heavy atom. The third kappa shape index (κ3) is 4.66. The molecule has 0 aliphatic carbocycles. The van der Waals surface area contributed by atoms with Crippen LogP contribution in [-0.4, -0.2) is 39.2 Å². The van der Waals surface area contributed by atoms with Crippen LogP contribution in [0.1, 0.15) is 32.6 Å². The molecular weight excluding hydrogens is 290 g/mol. The number of pyridine rings is 1. The molecule has 1 fully saturated rings. The van der Waals surface area contributed by atoms with Gasteiger partial charge in [0.1, 0.15) is 10.7 Å². The van der Waals surface area contributed by atoms with Crippen molar-refractivity contribution >= 4 is 15.8 Å². The minimum Gasteiger partial charge on any atom is -0.378 e. The number of nitrogens with zero attached hydrogens (tertiary/aromatic N) is 1. The normalized spacial score (nSPS) is 18.8. The van der Waals surface area contributed by atoms with Crippen molar-refractivity contribution in [3.05, 3.63) is 18.3 Å². The van der Waals surface area contributed by atoms with Gasteiger partial charge in [0.15, 0.2) is 0 Å². The van der Waals surface area contributed by atoms with Crippen LogP contribution in [0, 0.1) is 0 Å². The van der Waals surface area contributed by atoms with Crippen molar-refractivity contribution < 1.29 is 13.2 Å². The molecule has 2 rings (SSSR count). The molecule has 0 aromatic carbocycles. The highest BCUT2D eigenvalue weighted by atomic mass is 32.2. The lowest BCUT2D eigenvalue weighted by Crippen LogP contribution is -2.28.